The van der Waals surface area contributed by atoms with Crippen LogP contribution in [0.5, 0.6) is 0 Å². The zero-order valence-electron chi connectivity index (χ0n) is 12.3. The minimum atomic E-state index is -5.43. The van der Waals surface area contributed by atoms with Crippen LogP contribution in [0.1, 0.15) is 13.8 Å². The van der Waals surface area contributed by atoms with Crippen LogP contribution in [0, 0.1) is 0 Å². The SMILES string of the molecule is CC(C)=CCOP(=O)(O)OP(=O)(O)OP(=O)(O)OC/C=C/CO. The summed E-state index contributed by atoms with van der Waals surface area (Å²) in [5.41, 5.74) is 0.748. The van der Waals surface area contributed by atoms with Crippen molar-refractivity contribution < 1.29 is 51.2 Å². The fourth-order valence-electron chi connectivity index (χ4n) is 0.901. The van der Waals surface area contributed by atoms with Gasteiger partial charge in [-0.05, 0) is 13.8 Å². The molecule has 0 fully saturated rings. The van der Waals surface area contributed by atoms with Gasteiger partial charge >= 0.3 is 23.5 Å². The Balaban J connectivity index is 4.64. The second-order valence-corrected chi connectivity index (χ2v) is 8.73. The highest BCUT2D eigenvalue weighted by Crippen LogP contribution is 2.67. The lowest BCUT2D eigenvalue weighted by molar-refractivity contribution is 0.169. The molecule has 3 atom stereocenters. The Kier molecular flexibility index (Phi) is 9.92. The Morgan fingerprint density at radius 3 is 1.78 bits per heavy atom. The van der Waals surface area contributed by atoms with Gasteiger partial charge in [0.15, 0.2) is 0 Å². The van der Waals surface area contributed by atoms with Crippen molar-refractivity contribution in [3.05, 3.63) is 23.8 Å². The van der Waals surface area contributed by atoms with Crippen LogP contribution in [0.15, 0.2) is 23.8 Å². The quantitative estimate of drug-likeness (QED) is 0.297. The predicted molar refractivity (Wildman–Crippen MR) is 79.2 cm³/mol. The summed E-state index contributed by atoms with van der Waals surface area (Å²) in [4.78, 5) is 27.6. The van der Waals surface area contributed by atoms with Gasteiger partial charge < -0.3 is 19.8 Å². The fourth-order valence-corrected chi connectivity index (χ4v) is 4.29. The van der Waals surface area contributed by atoms with E-state index in [1.807, 2.05) is 0 Å². The molecule has 0 saturated carbocycles. The maximum Gasteiger partial charge on any atom is 0.490 e. The average molecular weight is 396 g/mol. The molecule has 0 aromatic carbocycles. The third kappa shape index (κ3) is 12.9. The fraction of sp³-hybridized carbons (Fsp3) is 0.556. The second-order valence-electron chi connectivity index (χ2n) is 4.10. The molecule has 0 aliphatic heterocycles. The lowest BCUT2D eigenvalue weighted by atomic mass is 10.3. The molecule has 0 aromatic heterocycles. The summed E-state index contributed by atoms with van der Waals surface area (Å²) in [5.74, 6) is 0. The summed E-state index contributed by atoms with van der Waals surface area (Å²) in [6, 6.07) is 0. The van der Waals surface area contributed by atoms with E-state index in [0.717, 1.165) is 11.6 Å². The van der Waals surface area contributed by atoms with E-state index >= 15 is 0 Å². The number of hydrogen-bond donors (Lipinski definition) is 4. The molecule has 0 aliphatic carbocycles. The van der Waals surface area contributed by atoms with E-state index < -0.39 is 36.7 Å². The highest BCUT2D eigenvalue weighted by molar-refractivity contribution is 7.66. The van der Waals surface area contributed by atoms with Gasteiger partial charge in [-0.3, -0.25) is 9.05 Å². The molecule has 0 amide bonds. The van der Waals surface area contributed by atoms with E-state index in [4.69, 9.17) is 5.11 Å². The number of phosphoric ester groups is 2. The molecule has 4 N–H and O–H groups in total. The summed E-state index contributed by atoms with van der Waals surface area (Å²) in [7, 11) is -15.5. The summed E-state index contributed by atoms with van der Waals surface area (Å²) in [5, 5.41) is 8.43. The smallest absolute Gasteiger partial charge is 0.392 e. The van der Waals surface area contributed by atoms with E-state index in [0.29, 0.717) is 0 Å². The number of aliphatic hydroxyl groups excluding tert-OH is 1. The third-order valence-electron chi connectivity index (χ3n) is 1.75. The number of phosphoric acid groups is 3. The zero-order chi connectivity index (χ0) is 18.1. The standard InChI is InChI=1S/C9H19O11P3/c1-9(2)5-8-18-22(13,14)20-23(15,16)19-21(11,12)17-7-4-3-6-10/h3-5,10H,6-8H2,1-2H3,(H,11,12)(H,13,14)(H,15,16)/b4-3+. The van der Waals surface area contributed by atoms with Crippen molar-refractivity contribution in [1.29, 1.82) is 0 Å². The third-order valence-corrected chi connectivity index (χ3v) is 6.00. The van der Waals surface area contributed by atoms with Crippen LogP contribution in [0.3, 0.4) is 0 Å². The molecule has 0 rings (SSSR count). The van der Waals surface area contributed by atoms with Gasteiger partial charge in [0.25, 0.3) is 0 Å². The van der Waals surface area contributed by atoms with E-state index in [-0.39, 0.29) is 6.61 Å². The lowest BCUT2D eigenvalue weighted by Crippen LogP contribution is -1.99. The predicted octanol–water partition coefficient (Wildman–Crippen LogP) is 1.87. The molecule has 23 heavy (non-hydrogen) atoms. The molecule has 0 spiro atoms. The van der Waals surface area contributed by atoms with Crippen molar-refractivity contribution in [1.82, 2.24) is 0 Å². The van der Waals surface area contributed by atoms with Gasteiger partial charge in [0.05, 0.1) is 19.8 Å². The lowest BCUT2D eigenvalue weighted by Gasteiger charge is -2.17. The van der Waals surface area contributed by atoms with Crippen LogP contribution in [0.25, 0.3) is 0 Å². The van der Waals surface area contributed by atoms with Gasteiger partial charge in [-0.15, -0.1) is 0 Å². The summed E-state index contributed by atoms with van der Waals surface area (Å²) in [6.45, 7) is 2.09. The summed E-state index contributed by atoms with van der Waals surface area (Å²) in [6.07, 6.45) is 3.70. The van der Waals surface area contributed by atoms with Gasteiger partial charge in [0, 0.05) is 0 Å². The molecule has 0 aromatic rings. The average Bonchev–Trinajstić information content (AvgIpc) is 2.30. The normalized spacial score (nSPS) is 19.7. The minimum absolute atomic E-state index is 0.349. The van der Waals surface area contributed by atoms with Crippen LogP contribution in [0.4, 0.5) is 0 Å². The van der Waals surface area contributed by atoms with E-state index in [1.54, 1.807) is 13.8 Å². The Morgan fingerprint density at radius 2 is 1.35 bits per heavy atom. The summed E-state index contributed by atoms with van der Waals surface area (Å²) < 4.78 is 50.5. The van der Waals surface area contributed by atoms with Crippen LogP contribution in [0.2, 0.25) is 0 Å². The van der Waals surface area contributed by atoms with Crippen molar-refractivity contribution in [2.75, 3.05) is 19.8 Å². The van der Waals surface area contributed by atoms with Gasteiger partial charge in [-0.25, -0.2) is 13.7 Å². The molecule has 0 radical (unpaired) electrons. The van der Waals surface area contributed by atoms with Gasteiger partial charge in [0.2, 0.25) is 0 Å². The van der Waals surface area contributed by atoms with Gasteiger partial charge in [-0.1, -0.05) is 23.8 Å². The van der Waals surface area contributed by atoms with Gasteiger partial charge in [-0.2, -0.15) is 8.62 Å². The Morgan fingerprint density at radius 1 is 0.870 bits per heavy atom. The highest BCUT2D eigenvalue weighted by Gasteiger charge is 2.41. The van der Waals surface area contributed by atoms with E-state index in [9.17, 15) is 28.4 Å². The zero-order valence-corrected chi connectivity index (χ0v) is 15.0. The van der Waals surface area contributed by atoms with Crippen molar-refractivity contribution in [2.24, 2.45) is 0 Å². The highest BCUT2D eigenvalue weighted by atomic mass is 31.3. The number of rotatable bonds is 11. The van der Waals surface area contributed by atoms with E-state index in [1.165, 1.54) is 12.2 Å². The largest absolute Gasteiger partial charge is 0.490 e. The van der Waals surface area contributed by atoms with Crippen LogP contribution in [-0.4, -0.2) is 39.6 Å². The Labute approximate surface area is 133 Å². The van der Waals surface area contributed by atoms with Crippen molar-refractivity contribution in [3.63, 3.8) is 0 Å². The van der Waals surface area contributed by atoms with E-state index in [2.05, 4.69) is 17.7 Å². The first-order chi connectivity index (χ1) is 10.4. The maximum absolute atomic E-state index is 11.4. The molecule has 3 unspecified atom stereocenters. The Bertz CT molecular complexity index is 565. The molecular weight excluding hydrogens is 377 g/mol. The molecule has 0 bridgehead atoms. The maximum atomic E-state index is 11.4. The molecule has 14 heteroatoms. The van der Waals surface area contributed by atoms with Crippen LogP contribution in [-0.2, 0) is 31.4 Å². The van der Waals surface area contributed by atoms with Crippen molar-refractivity contribution in [2.45, 2.75) is 13.8 Å². The molecule has 0 heterocycles. The van der Waals surface area contributed by atoms with Crippen molar-refractivity contribution >= 4 is 23.5 Å². The summed E-state index contributed by atoms with van der Waals surface area (Å²) >= 11 is 0. The van der Waals surface area contributed by atoms with Crippen molar-refractivity contribution in [3.8, 4) is 0 Å². The molecule has 0 saturated heterocycles. The molecule has 11 nitrogen and oxygen atoms in total. The first kappa shape index (κ1) is 22.9. The van der Waals surface area contributed by atoms with Gasteiger partial charge in [0.1, 0.15) is 0 Å². The molecule has 136 valence electrons. The number of aliphatic hydroxyl groups is 1. The topological polar surface area (TPSA) is 169 Å². The van der Waals surface area contributed by atoms with Crippen LogP contribution >= 0.6 is 23.5 Å². The Hall–Kier alpha value is -0.150. The second kappa shape index (κ2) is 9.98. The minimum Gasteiger partial charge on any atom is -0.392 e. The molecular formula is C9H19O11P3. The monoisotopic (exact) mass is 396 g/mol. The molecule has 0 aliphatic rings. The number of allylic oxidation sites excluding steroid dienone is 1. The first-order valence-corrected chi connectivity index (χ1v) is 10.5. The first-order valence-electron chi connectivity index (χ1n) is 5.98. The number of hydrogen-bond acceptors (Lipinski definition) is 8. The van der Waals surface area contributed by atoms with Crippen LogP contribution < -0.4 is 0 Å².